The molecule has 0 aliphatic rings. The molecule has 0 atom stereocenters. The highest BCUT2D eigenvalue weighted by Crippen LogP contribution is 2.17. The SMILES string of the molecule is CC(C)n1c(=O)[nH]c2c(CN)cccc21. The van der Waals surface area contributed by atoms with Gasteiger partial charge in [0.15, 0.2) is 0 Å². The molecule has 0 fully saturated rings. The van der Waals surface area contributed by atoms with Crippen LogP contribution in [0.5, 0.6) is 0 Å². The molecule has 0 aliphatic carbocycles. The molecule has 0 saturated heterocycles. The number of nitrogens with two attached hydrogens (primary N) is 1. The molecule has 1 heterocycles. The van der Waals surface area contributed by atoms with Crippen molar-refractivity contribution >= 4 is 11.0 Å². The Labute approximate surface area is 87.7 Å². The first-order chi connectivity index (χ1) is 7.15. The fourth-order valence-corrected chi connectivity index (χ4v) is 1.89. The van der Waals surface area contributed by atoms with Gasteiger partial charge >= 0.3 is 5.69 Å². The van der Waals surface area contributed by atoms with Crippen LogP contribution in [0.15, 0.2) is 23.0 Å². The number of hydrogen-bond acceptors (Lipinski definition) is 2. The van der Waals surface area contributed by atoms with Crippen LogP contribution in [0.4, 0.5) is 0 Å². The average molecular weight is 205 g/mol. The van der Waals surface area contributed by atoms with Gasteiger partial charge in [0, 0.05) is 12.6 Å². The number of benzene rings is 1. The van der Waals surface area contributed by atoms with Gasteiger partial charge in [-0.25, -0.2) is 4.79 Å². The zero-order valence-electron chi connectivity index (χ0n) is 8.95. The Morgan fingerprint density at radius 3 is 2.80 bits per heavy atom. The number of aromatic nitrogens is 2. The molecule has 0 amide bonds. The lowest BCUT2D eigenvalue weighted by molar-refractivity contribution is 0.598. The molecule has 4 nitrogen and oxygen atoms in total. The Morgan fingerprint density at radius 2 is 2.20 bits per heavy atom. The summed E-state index contributed by atoms with van der Waals surface area (Å²) >= 11 is 0. The van der Waals surface area contributed by atoms with Crippen LogP contribution in [-0.2, 0) is 6.54 Å². The number of aromatic amines is 1. The van der Waals surface area contributed by atoms with Crippen molar-refractivity contribution < 1.29 is 0 Å². The van der Waals surface area contributed by atoms with Crippen LogP contribution in [0.2, 0.25) is 0 Å². The van der Waals surface area contributed by atoms with E-state index in [1.165, 1.54) is 0 Å². The highest BCUT2D eigenvalue weighted by Gasteiger charge is 2.10. The van der Waals surface area contributed by atoms with Gasteiger partial charge in [0.25, 0.3) is 0 Å². The van der Waals surface area contributed by atoms with Crippen LogP contribution in [0, 0.1) is 0 Å². The van der Waals surface area contributed by atoms with Gasteiger partial charge in [-0.3, -0.25) is 4.57 Å². The minimum absolute atomic E-state index is 0.0686. The number of fused-ring (bicyclic) bond motifs is 1. The molecule has 80 valence electrons. The molecular weight excluding hydrogens is 190 g/mol. The molecule has 2 aromatic rings. The molecule has 1 aromatic heterocycles. The molecular formula is C11H15N3O. The third-order valence-corrected chi connectivity index (χ3v) is 2.58. The van der Waals surface area contributed by atoms with Crippen molar-refractivity contribution in [3.05, 3.63) is 34.2 Å². The second-order valence-electron chi connectivity index (χ2n) is 3.91. The van der Waals surface area contributed by atoms with Gasteiger partial charge in [-0.2, -0.15) is 0 Å². The van der Waals surface area contributed by atoms with Gasteiger partial charge in [-0.15, -0.1) is 0 Å². The third kappa shape index (κ3) is 1.47. The van der Waals surface area contributed by atoms with Crippen LogP contribution in [0.25, 0.3) is 11.0 Å². The van der Waals surface area contributed by atoms with E-state index < -0.39 is 0 Å². The molecule has 0 spiro atoms. The molecule has 15 heavy (non-hydrogen) atoms. The fourth-order valence-electron chi connectivity index (χ4n) is 1.89. The summed E-state index contributed by atoms with van der Waals surface area (Å²) < 4.78 is 1.74. The summed E-state index contributed by atoms with van der Waals surface area (Å²) in [7, 11) is 0. The highest BCUT2D eigenvalue weighted by molar-refractivity contribution is 5.79. The van der Waals surface area contributed by atoms with Crippen LogP contribution in [-0.4, -0.2) is 9.55 Å². The number of rotatable bonds is 2. The Hall–Kier alpha value is -1.55. The molecule has 3 N–H and O–H groups in total. The molecule has 0 aliphatic heterocycles. The van der Waals surface area contributed by atoms with E-state index in [1.54, 1.807) is 4.57 Å². The van der Waals surface area contributed by atoms with Crippen molar-refractivity contribution in [1.29, 1.82) is 0 Å². The van der Waals surface area contributed by atoms with Gasteiger partial charge < -0.3 is 10.7 Å². The van der Waals surface area contributed by atoms with Crippen molar-refractivity contribution in [2.24, 2.45) is 5.73 Å². The van der Waals surface area contributed by atoms with E-state index in [-0.39, 0.29) is 11.7 Å². The smallest absolute Gasteiger partial charge is 0.326 e. The van der Waals surface area contributed by atoms with Crippen molar-refractivity contribution in [2.75, 3.05) is 0 Å². The zero-order valence-corrected chi connectivity index (χ0v) is 8.95. The second-order valence-corrected chi connectivity index (χ2v) is 3.91. The topological polar surface area (TPSA) is 63.8 Å². The number of H-pyrrole nitrogens is 1. The van der Waals surface area contributed by atoms with Crippen molar-refractivity contribution in [3.8, 4) is 0 Å². The molecule has 0 saturated carbocycles. The molecule has 0 unspecified atom stereocenters. The van der Waals surface area contributed by atoms with Crippen LogP contribution >= 0.6 is 0 Å². The standard InChI is InChI=1S/C11H15N3O/c1-7(2)14-9-5-3-4-8(6-12)10(9)13-11(14)15/h3-5,7H,6,12H2,1-2H3,(H,13,15). The van der Waals surface area contributed by atoms with Crippen molar-refractivity contribution in [1.82, 2.24) is 9.55 Å². The van der Waals surface area contributed by atoms with E-state index in [1.807, 2.05) is 32.0 Å². The number of imidazole rings is 1. The summed E-state index contributed by atoms with van der Waals surface area (Å²) in [5, 5.41) is 0. The quantitative estimate of drug-likeness (QED) is 0.777. The second kappa shape index (κ2) is 3.55. The lowest BCUT2D eigenvalue weighted by Gasteiger charge is -2.07. The van der Waals surface area contributed by atoms with Crippen molar-refractivity contribution in [3.63, 3.8) is 0 Å². The minimum atomic E-state index is -0.0686. The minimum Gasteiger partial charge on any atom is -0.326 e. The Kier molecular flexibility index (Phi) is 2.36. The largest absolute Gasteiger partial charge is 0.326 e. The summed E-state index contributed by atoms with van der Waals surface area (Å²) in [6.07, 6.45) is 0. The number of hydrogen-bond donors (Lipinski definition) is 2. The monoisotopic (exact) mass is 205 g/mol. The lowest BCUT2D eigenvalue weighted by atomic mass is 10.2. The maximum atomic E-state index is 11.7. The number of nitrogens with zero attached hydrogens (tertiary/aromatic N) is 1. The van der Waals surface area contributed by atoms with E-state index >= 15 is 0 Å². The van der Waals surface area contributed by atoms with Crippen LogP contribution in [0.1, 0.15) is 25.5 Å². The lowest BCUT2D eigenvalue weighted by Crippen LogP contribution is -2.18. The number of para-hydroxylation sites is 1. The predicted octanol–water partition coefficient (Wildman–Crippen LogP) is 1.37. The summed E-state index contributed by atoms with van der Waals surface area (Å²) in [6.45, 7) is 4.42. The van der Waals surface area contributed by atoms with Crippen molar-refractivity contribution in [2.45, 2.75) is 26.4 Å². The Balaban J connectivity index is 2.84. The average Bonchev–Trinajstić information content (AvgIpc) is 2.53. The Bertz CT molecular complexity index is 536. The molecule has 2 rings (SSSR count). The zero-order chi connectivity index (χ0) is 11.0. The van der Waals surface area contributed by atoms with E-state index in [0.717, 1.165) is 16.6 Å². The fraction of sp³-hybridized carbons (Fsp3) is 0.364. The van der Waals surface area contributed by atoms with E-state index in [4.69, 9.17) is 5.73 Å². The van der Waals surface area contributed by atoms with Gasteiger partial charge in [0.05, 0.1) is 11.0 Å². The molecule has 0 bridgehead atoms. The normalized spacial score (nSPS) is 11.5. The summed E-state index contributed by atoms with van der Waals surface area (Å²) in [5.74, 6) is 0. The first-order valence-corrected chi connectivity index (χ1v) is 5.07. The summed E-state index contributed by atoms with van der Waals surface area (Å²) in [5.41, 5.74) is 8.32. The van der Waals surface area contributed by atoms with Gasteiger partial charge in [-0.1, -0.05) is 12.1 Å². The van der Waals surface area contributed by atoms with Gasteiger partial charge in [0.2, 0.25) is 0 Å². The highest BCUT2D eigenvalue weighted by atomic mass is 16.1. The first kappa shape index (κ1) is 9.98. The molecule has 4 heteroatoms. The maximum absolute atomic E-state index is 11.7. The number of nitrogens with one attached hydrogen (secondary N) is 1. The van der Waals surface area contributed by atoms with E-state index in [0.29, 0.717) is 6.54 Å². The molecule has 1 aromatic carbocycles. The van der Waals surface area contributed by atoms with Gasteiger partial charge in [-0.05, 0) is 25.5 Å². The van der Waals surface area contributed by atoms with Gasteiger partial charge in [0.1, 0.15) is 0 Å². The van der Waals surface area contributed by atoms with E-state index in [9.17, 15) is 4.79 Å². The Morgan fingerprint density at radius 1 is 1.47 bits per heavy atom. The van der Waals surface area contributed by atoms with E-state index in [2.05, 4.69) is 4.98 Å². The summed E-state index contributed by atoms with van der Waals surface area (Å²) in [4.78, 5) is 14.6. The first-order valence-electron chi connectivity index (χ1n) is 5.07. The maximum Gasteiger partial charge on any atom is 0.326 e. The predicted molar refractivity (Wildman–Crippen MR) is 60.8 cm³/mol. The molecule has 0 radical (unpaired) electrons. The summed E-state index contributed by atoms with van der Waals surface area (Å²) in [6, 6.07) is 5.95. The third-order valence-electron chi connectivity index (χ3n) is 2.58. The van der Waals surface area contributed by atoms with Crippen LogP contribution in [0.3, 0.4) is 0 Å². The van der Waals surface area contributed by atoms with Crippen LogP contribution < -0.4 is 11.4 Å².